The molecule has 344 valence electrons. The van der Waals surface area contributed by atoms with Crippen molar-refractivity contribution < 1.29 is 72.8 Å². The molecule has 2 saturated carbocycles. The number of fused-ring (bicyclic) bond motifs is 2. The summed E-state index contributed by atoms with van der Waals surface area (Å²) in [5.74, 6) is 1.41. The number of ether oxygens (including phenoxy) is 3. The molecule has 0 aliphatic heterocycles. The molecule has 12 heteroatoms. The SMILES string of the molecule is CCOC(=O)Cc1cc(C2CC2)ccc1OCc1cc(-c2cccc(CN)c2)c2occc2c1.NCc1cccc(-c2cc(COc3ccc(C4CC4)cc3CC(=O)O)cc3ccoc23)c1.[Na+].[OH-]. The Hall–Kier alpha value is -6.18. The van der Waals surface area contributed by atoms with Gasteiger partial charge in [-0.2, -0.15) is 0 Å². The molecule has 0 saturated heterocycles. The van der Waals surface area contributed by atoms with E-state index in [1.807, 2.05) is 73.7 Å². The second-order valence-electron chi connectivity index (χ2n) is 17.2. The summed E-state index contributed by atoms with van der Waals surface area (Å²) < 4.78 is 29.1. The molecule has 11 nitrogen and oxygen atoms in total. The van der Waals surface area contributed by atoms with Crippen LogP contribution in [0.15, 0.2) is 143 Å². The standard InChI is InChI=1S/C29H29NO4.C27H25NO4.Na.H2O/c1-2-32-28(31)16-25-15-22(21-6-7-21)8-9-27(25)34-18-20-13-24-10-11-33-29(24)26(14-20)23-5-3-4-19(12-23)17-30;28-15-17-2-1-3-21(10-17)24-12-18(11-22-8-9-31-27(22)24)16-32-25-7-6-20(19-4-5-19)13-23(25)14-26(29)30;;/h3-5,8-15,21H,2,6-7,16-18,30H2,1H3;1-3,6-13,19H,4-5,14-16,28H2,(H,29,30);;1H2/q;;+1;/p-1. The molecule has 6 N–H and O–H groups in total. The van der Waals surface area contributed by atoms with Gasteiger partial charge in [-0.1, -0.05) is 60.7 Å². The van der Waals surface area contributed by atoms with E-state index in [9.17, 15) is 14.7 Å². The van der Waals surface area contributed by atoms with Gasteiger partial charge in [0.1, 0.15) is 35.9 Å². The molecule has 0 spiro atoms. The first-order chi connectivity index (χ1) is 32.2. The number of hydrogen-bond acceptors (Lipinski definition) is 10. The number of carbonyl (C=O) groups is 2. The predicted octanol–water partition coefficient (Wildman–Crippen LogP) is 8.59. The molecule has 0 amide bonds. The summed E-state index contributed by atoms with van der Waals surface area (Å²) >= 11 is 0. The number of rotatable bonds is 17. The van der Waals surface area contributed by atoms with Gasteiger partial charge in [0.05, 0.1) is 32.0 Å². The van der Waals surface area contributed by atoms with Crippen LogP contribution in [0.1, 0.15) is 89.0 Å². The minimum absolute atomic E-state index is 0. The van der Waals surface area contributed by atoms with Crippen LogP contribution in [0, 0.1) is 0 Å². The first-order valence-corrected chi connectivity index (χ1v) is 22.7. The Balaban J connectivity index is 0.000000196. The van der Waals surface area contributed by atoms with Crippen LogP contribution < -0.4 is 50.5 Å². The monoisotopic (exact) mass is 922 g/mol. The average Bonchev–Trinajstić information content (AvgIpc) is 4.27. The van der Waals surface area contributed by atoms with Gasteiger partial charge in [-0.25, -0.2) is 0 Å². The van der Waals surface area contributed by atoms with E-state index < -0.39 is 5.97 Å². The molecular formula is C56H55N2NaO9. The molecule has 2 aromatic heterocycles. The molecule has 2 heterocycles. The van der Waals surface area contributed by atoms with E-state index in [-0.39, 0.29) is 53.8 Å². The maximum atomic E-state index is 12.2. The van der Waals surface area contributed by atoms with Crippen molar-refractivity contribution in [1.82, 2.24) is 0 Å². The second kappa shape index (κ2) is 22.7. The van der Waals surface area contributed by atoms with Crippen molar-refractivity contribution in [2.24, 2.45) is 11.5 Å². The van der Waals surface area contributed by atoms with E-state index in [0.29, 0.717) is 50.5 Å². The molecule has 0 atom stereocenters. The zero-order valence-corrected chi connectivity index (χ0v) is 40.5. The number of carboxylic acids is 1. The van der Waals surface area contributed by atoms with Gasteiger partial charge in [0.15, 0.2) is 0 Å². The fraction of sp³-hybridized carbons (Fsp3) is 0.250. The van der Waals surface area contributed by atoms with Crippen molar-refractivity contribution in [1.29, 1.82) is 0 Å². The van der Waals surface area contributed by atoms with Gasteiger partial charge >= 0.3 is 41.5 Å². The van der Waals surface area contributed by atoms with Crippen molar-refractivity contribution in [3.05, 3.63) is 178 Å². The van der Waals surface area contributed by atoms with E-state index in [0.717, 1.165) is 83.3 Å². The smallest absolute Gasteiger partial charge is 0.870 e. The van der Waals surface area contributed by atoms with Crippen LogP contribution in [0.4, 0.5) is 0 Å². The van der Waals surface area contributed by atoms with Gasteiger partial charge in [0.25, 0.3) is 0 Å². The Kier molecular flexibility index (Phi) is 16.6. The van der Waals surface area contributed by atoms with Crippen molar-refractivity contribution in [3.63, 3.8) is 0 Å². The van der Waals surface area contributed by atoms with Crippen molar-refractivity contribution in [2.75, 3.05) is 6.61 Å². The molecule has 10 rings (SSSR count). The third kappa shape index (κ3) is 12.1. The number of aliphatic carboxylic acids is 1. The van der Waals surface area contributed by atoms with Gasteiger partial charge in [-0.3, -0.25) is 9.59 Å². The maximum Gasteiger partial charge on any atom is 1.00 e. The molecule has 0 unspecified atom stereocenters. The number of carboxylic acid groups (broad SMARTS) is 1. The first kappa shape index (κ1) is 49.7. The zero-order chi connectivity index (χ0) is 45.6. The fourth-order valence-electron chi connectivity index (χ4n) is 8.57. The van der Waals surface area contributed by atoms with E-state index in [4.69, 9.17) is 34.5 Å². The van der Waals surface area contributed by atoms with Crippen LogP contribution in [-0.2, 0) is 53.5 Å². The third-order valence-electron chi connectivity index (χ3n) is 12.2. The number of esters is 1. The van der Waals surface area contributed by atoms with Gasteiger partial charge in [0.2, 0.25) is 0 Å². The van der Waals surface area contributed by atoms with Crippen LogP contribution in [0.2, 0.25) is 0 Å². The number of nitrogens with two attached hydrogens (primary N) is 2. The van der Waals surface area contributed by atoms with Crippen LogP contribution in [0.5, 0.6) is 11.5 Å². The Labute approximate surface area is 418 Å². The fourth-order valence-corrected chi connectivity index (χ4v) is 8.57. The largest absolute Gasteiger partial charge is 1.00 e. The van der Waals surface area contributed by atoms with Crippen LogP contribution in [0.25, 0.3) is 44.2 Å². The quantitative estimate of drug-likeness (QED) is 0.0586. The minimum Gasteiger partial charge on any atom is -0.870 e. The molecule has 2 fully saturated rings. The molecule has 8 aromatic rings. The summed E-state index contributed by atoms with van der Waals surface area (Å²) in [7, 11) is 0. The summed E-state index contributed by atoms with van der Waals surface area (Å²) in [6.45, 7) is 3.86. The van der Waals surface area contributed by atoms with Crippen LogP contribution in [0.3, 0.4) is 0 Å². The summed E-state index contributed by atoms with van der Waals surface area (Å²) in [6, 6.07) is 40.7. The Morgan fingerprint density at radius 2 is 1.07 bits per heavy atom. The maximum absolute atomic E-state index is 12.2. The minimum atomic E-state index is -0.857. The van der Waals surface area contributed by atoms with Crippen LogP contribution in [-0.4, -0.2) is 29.1 Å². The van der Waals surface area contributed by atoms with E-state index in [1.165, 1.54) is 36.8 Å². The first-order valence-electron chi connectivity index (χ1n) is 22.7. The number of carbonyl (C=O) groups excluding carboxylic acids is 1. The van der Waals surface area contributed by atoms with E-state index >= 15 is 0 Å². The molecule has 2 aliphatic rings. The summed E-state index contributed by atoms with van der Waals surface area (Å²) in [5.41, 5.74) is 25.6. The summed E-state index contributed by atoms with van der Waals surface area (Å²) in [4.78, 5) is 23.6. The predicted molar refractivity (Wildman–Crippen MR) is 258 cm³/mol. The second-order valence-corrected chi connectivity index (χ2v) is 17.2. The molecule has 6 aromatic carbocycles. The number of furan rings is 2. The third-order valence-corrected chi connectivity index (χ3v) is 12.2. The Bertz CT molecular complexity index is 3020. The van der Waals surface area contributed by atoms with Crippen molar-refractivity contribution in [3.8, 4) is 33.8 Å². The molecule has 68 heavy (non-hydrogen) atoms. The van der Waals surface area contributed by atoms with Crippen molar-refractivity contribution in [2.45, 2.75) is 83.6 Å². The normalized spacial score (nSPS) is 12.9. The topological polar surface area (TPSA) is 190 Å². The summed E-state index contributed by atoms with van der Waals surface area (Å²) in [6.07, 6.45) is 8.31. The van der Waals surface area contributed by atoms with Crippen LogP contribution >= 0.6 is 0 Å². The van der Waals surface area contributed by atoms with E-state index in [1.54, 1.807) is 12.5 Å². The zero-order valence-electron chi connectivity index (χ0n) is 38.5. The van der Waals surface area contributed by atoms with Gasteiger partial charge < -0.3 is 45.1 Å². The Morgan fingerprint density at radius 3 is 1.50 bits per heavy atom. The molecule has 0 bridgehead atoms. The van der Waals surface area contributed by atoms with Gasteiger partial charge in [0, 0.05) is 46.1 Å². The number of hydrogen-bond donors (Lipinski definition) is 3. The summed E-state index contributed by atoms with van der Waals surface area (Å²) in [5, 5.41) is 11.4. The Morgan fingerprint density at radius 1 is 0.603 bits per heavy atom. The molecule has 2 aliphatic carbocycles. The molecule has 0 radical (unpaired) electrons. The number of benzene rings is 6. The van der Waals surface area contributed by atoms with E-state index in [2.05, 4.69) is 54.6 Å². The average molecular weight is 923 g/mol. The van der Waals surface area contributed by atoms with Crippen molar-refractivity contribution >= 4 is 33.9 Å². The van der Waals surface area contributed by atoms with Gasteiger partial charge in [-0.15, -0.1) is 0 Å². The van der Waals surface area contributed by atoms with Gasteiger partial charge in [-0.05, 0) is 150 Å². The molecular weight excluding hydrogens is 868 g/mol.